The van der Waals surface area contributed by atoms with Crippen LogP contribution in [0.5, 0.6) is 0 Å². The zero-order chi connectivity index (χ0) is 19.1. The summed E-state index contributed by atoms with van der Waals surface area (Å²) >= 11 is 0. The number of aryl methyl sites for hydroxylation is 1. The van der Waals surface area contributed by atoms with Gasteiger partial charge in [0, 0.05) is 32.7 Å². The lowest BCUT2D eigenvalue weighted by Gasteiger charge is -2.34. The number of nitrogens with zero attached hydrogens (tertiary/aromatic N) is 2. The van der Waals surface area contributed by atoms with Gasteiger partial charge in [-0.15, -0.1) is 0 Å². The van der Waals surface area contributed by atoms with E-state index in [2.05, 4.69) is 83.6 Å². The fourth-order valence-corrected chi connectivity index (χ4v) is 3.56. The minimum Gasteiger partial charge on any atom is -0.348 e. The van der Waals surface area contributed by atoms with E-state index in [-0.39, 0.29) is 11.9 Å². The molecule has 1 amide bonds. The third-order valence-electron chi connectivity index (χ3n) is 5.35. The van der Waals surface area contributed by atoms with Gasteiger partial charge in [0.1, 0.15) is 0 Å². The van der Waals surface area contributed by atoms with Crippen LogP contribution < -0.4 is 5.32 Å². The molecular weight excluding hydrogens is 334 g/mol. The van der Waals surface area contributed by atoms with Gasteiger partial charge in [0.05, 0.1) is 12.6 Å². The number of carbonyl (C=O) groups is 1. The van der Waals surface area contributed by atoms with Crippen LogP contribution in [0.15, 0.2) is 54.6 Å². The van der Waals surface area contributed by atoms with Crippen molar-refractivity contribution in [1.29, 1.82) is 0 Å². The van der Waals surface area contributed by atoms with Crippen LogP contribution in [-0.4, -0.2) is 48.4 Å². The Balaban J connectivity index is 1.41. The second-order valence-corrected chi connectivity index (χ2v) is 7.42. The van der Waals surface area contributed by atoms with Crippen LogP contribution in [-0.2, 0) is 17.8 Å². The van der Waals surface area contributed by atoms with Crippen molar-refractivity contribution < 1.29 is 4.79 Å². The van der Waals surface area contributed by atoms with Crippen LogP contribution in [0.2, 0.25) is 0 Å². The predicted molar refractivity (Wildman–Crippen MR) is 111 cm³/mol. The molecule has 1 atom stereocenters. The van der Waals surface area contributed by atoms with Gasteiger partial charge in [0.2, 0.25) is 5.91 Å². The molecule has 1 aliphatic heterocycles. The first-order chi connectivity index (χ1) is 13.1. The highest BCUT2D eigenvalue weighted by molar-refractivity contribution is 5.78. The van der Waals surface area contributed by atoms with Gasteiger partial charge in [-0.1, -0.05) is 61.5 Å². The molecule has 1 fully saturated rings. The summed E-state index contributed by atoms with van der Waals surface area (Å²) < 4.78 is 0. The molecule has 4 nitrogen and oxygen atoms in total. The van der Waals surface area contributed by atoms with Crippen molar-refractivity contribution >= 4 is 5.91 Å². The molecule has 0 aromatic heterocycles. The molecule has 27 heavy (non-hydrogen) atoms. The molecular formula is C23H31N3O. The van der Waals surface area contributed by atoms with E-state index in [9.17, 15) is 4.79 Å². The van der Waals surface area contributed by atoms with E-state index >= 15 is 0 Å². The second-order valence-electron chi connectivity index (χ2n) is 7.42. The Hall–Kier alpha value is -2.17. The van der Waals surface area contributed by atoms with Crippen molar-refractivity contribution in [2.24, 2.45) is 0 Å². The molecule has 0 radical (unpaired) electrons. The highest BCUT2D eigenvalue weighted by Crippen LogP contribution is 2.14. The van der Waals surface area contributed by atoms with Crippen molar-refractivity contribution in [1.82, 2.24) is 15.1 Å². The summed E-state index contributed by atoms with van der Waals surface area (Å²) in [6.07, 6.45) is 1.04. The molecule has 4 heteroatoms. The summed E-state index contributed by atoms with van der Waals surface area (Å²) in [6, 6.07) is 19.1. The van der Waals surface area contributed by atoms with Gasteiger partial charge in [0.15, 0.2) is 0 Å². The standard InChI is InChI=1S/C23H31N3O/c1-3-20-9-11-22(12-10-20)19(2)24-23(27)18-26-15-13-25(14-16-26)17-21-7-5-4-6-8-21/h4-12,19H,3,13-18H2,1-2H3,(H,24,27). The summed E-state index contributed by atoms with van der Waals surface area (Å²) in [7, 11) is 0. The molecule has 0 bridgehead atoms. The summed E-state index contributed by atoms with van der Waals surface area (Å²) in [5, 5.41) is 3.14. The molecule has 1 aliphatic rings. The number of benzene rings is 2. The highest BCUT2D eigenvalue weighted by Gasteiger charge is 2.19. The largest absolute Gasteiger partial charge is 0.348 e. The zero-order valence-electron chi connectivity index (χ0n) is 16.5. The lowest BCUT2D eigenvalue weighted by molar-refractivity contribution is -0.123. The van der Waals surface area contributed by atoms with E-state index in [0.29, 0.717) is 6.54 Å². The third-order valence-corrected chi connectivity index (χ3v) is 5.35. The fraction of sp³-hybridized carbons (Fsp3) is 0.435. The second kappa shape index (κ2) is 9.67. The quantitative estimate of drug-likeness (QED) is 0.818. The van der Waals surface area contributed by atoms with Crippen LogP contribution >= 0.6 is 0 Å². The van der Waals surface area contributed by atoms with Crippen LogP contribution in [0, 0.1) is 0 Å². The van der Waals surface area contributed by atoms with E-state index < -0.39 is 0 Å². The summed E-state index contributed by atoms with van der Waals surface area (Å²) in [4.78, 5) is 17.1. The molecule has 3 rings (SSSR count). The monoisotopic (exact) mass is 365 g/mol. The number of hydrogen-bond acceptors (Lipinski definition) is 3. The van der Waals surface area contributed by atoms with Crippen molar-refractivity contribution in [2.75, 3.05) is 32.7 Å². The summed E-state index contributed by atoms with van der Waals surface area (Å²) in [5.41, 5.74) is 3.84. The normalized spacial score (nSPS) is 16.8. The average molecular weight is 366 g/mol. The molecule has 0 aliphatic carbocycles. The van der Waals surface area contributed by atoms with Crippen molar-refractivity contribution in [2.45, 2.75) is 32.9 Å². The van der Waals surface area contributed by atoms with Crippen LogP contribution in [0.25, 0.3) is 0 Å². The Bertz CT molecular complexity index is 706. The lowest BCUT2D eigenvalue weighted by atomic mass is 10.1. The molecule has 1 saturated heterocycles. The Morgan fingerprint density at radius 3 is 2.19 bits per heavy atom. The van der Waals surface area contributed by atoms with Gasteiger partial charge in [-0.2, -0.15) is 0 Å². The van der Waals surface area contributed by atoms with Crippen LogP contribution in [0.1, 0.15) is 36.6 Å². The third kappa shape index (κ3) is 5.91. The van der Waals surface area contributed by atoms with Gasteiger partial charge in [-0.25, -0.2) is 0 Å². The molecule has 2 aromatic rings. The van der Waals surface area contributed by atoms with Gasteiger partial charge in [0.25, 0.3) is 0 Å². The van der Waals surface area contributed by atoms with E-state index in [1.165, 1.54) is 11.1 Å². The Labute approximate surface area is 163 Å². The van der Waals surface area contributed by atoms with Gasteiger partial charge in [-0.05, 0) is 30.0 Å². The van der Waals surface area contributed by atoms with E-state index in [0.717, 1.165) is 44.7 Å². The number of nitrogens with one attached hydrogen (secondary N) is 1. The minimum absolute atomic E-state index is 0.0442. The Kier molecular flexibility index (Phi) is 7.02. The van der Waals surface area contributed by atoms with E-state index in [4.69, 9.17) is 0 Å². The smallest absolute Gasteiger partial charge is 0.234 e. The van der Waals surface area contributed by atoms with Gasteiger partial charge >= 0.3 is 0 Å². The summed E-state index contributed by atoms with van der Waals surface area (Å²) in [5.74, 6) is 0.110. The van der Waals surface area contributed by atoms with Crippen molar-refractivity contribution in [3.8, 4) is 0 Å². The number of carbonyl (C=O) groups excluding carboxylic acids is 1. The topological polar surface area (TPSA) is 35.6 Å². The molecule has 1 N–H and O–H groups in total. The van der Waals surface area contributed by atoms with Gasteiger partial charge < -0.3 is 5.32 Å². The van der Waals surface area contributed by atoms with Crippen molar-refractivity contribution in [3.63, 3.8) is 0 Å². The fourth-order valence-electron chi connectivity index (χ4n) is 3.56. The highest BCUT2D eigenvalue weighted by atomic mass is 16.2. The maximum Gasteiger partial charge on any atom is 0.234 e. The molecule has 144 valence electrons. The van der Waals surface area contributed by atoms with Gasteiger partial charge in [-0.3, -0.25) is 14.6 Å². The molecule has 1 unspecified atom stereocenters. The number of amides is 1. The van der Waals surface area contributed by atoms with Crippen molar-refractivity contribution in [3.05, 3.63) is 71.3 Å². The molecule has 0 saturated carbocycles. The van der Waals surface area contributed by atoms with Crippen LogP contribution in [0.4, 0.5) is 0 Å². The summed E-state index contributed by atoms with van der Waals surface area (Å²) in [6.45, 7) is 9.59. The first-order valence-corrected chi connectivity index (χ1v) is 10.0. The Morgan fingerprint density at radius 2 is 1.56 bits per heavy atom. The number of piperazine rings is 1. The maximum absolute atomic E-state index is 12.4. The Morgan fingerprint density at radius 1 is 0.926 bits per heavy atom. The molecule has 0 spiro atoms. The number of rotatable bonds is 7. The average Bonchev–Trinajstić information content (AvgIpc) is 2.70. The predicted octanol–water partition coefficient (Wildman–Crippen LogP) is 3.24. The number of hydrogen-bond donors (Lipinski definition) is 1. The molecule has 1 heterocycles. The lowest BCUT2D eigenvalue weighted by Crippen LogP contribution is -2.49. The zero-order valence-corrected chi connectivity index (χ0v) is 16.5. The first kappa shape index (κ1) is 19.6. The van der Waals surface area contributed by atoms with E-state index in [1.54, 1.807) is 0 Å². The van der Waals surface area contributed by atoms with Crippen LogP contribution in [0.3, 0.4) is 0 Å². The SMILES string of the molecule is CCc1ccc(C(C)NC(=O)CN2CCN(Cc3ccccc3)CC2)cc1. The first-order valence-electron chi connectivity index (χ1n) is 10.0. The molecule has 2 aromatic carbocycles. The maximum atomic E-state index is 12.4. The van der Waals surface area contributed by atoms with E-state index in [1.807, 2.05) is 0 Å². The minimum atomic E-state index is 0.0442.